The molecular formula is C20H18FN3O2S. The number of fused-ring (bicyclic) bond motifs is 1. The number of para-hydroxylation sites is 2. The molecule has 0 fully saturated rings. The van der Waals surface area contributed by atoms with E-state index in [4.69, 9.17) is 9.47 Å². The molecule has 1 atom stereocenters. The minimum Gasteiger partial charge on any atom is -0.485 e. The van der Waals surface area contributed by atoms with E-state index in [2.05, 4.69) is 16.8 Å². The van der Waals surface area contributed by atoms with Crippen molar-refractivity contribution in [2.75, 3.05) is 6.61 Å². The predicted octanol–water partition coefficient (Wildman–Crippen LogP) is 4.41. The second-order valence-corrected chi connectivity index (χ2v) is 6.96. The van der Waals surface area contributed by atoms with Crippen LogP contribution in [-0.4, -0.2) is 21.4 Å². The first-order valence-electron chi connectivity index (χ1n) is 8.54. The molecule has 1 aliphatic heterocycles. The standard InChI is InChI=1S/C20H18FN3O2S/c1-2-11-24-19(18-12-25-16-5-3-4-6-17(16)26-18)22-23-20(24)27-13-14-7-9-15(21)10-8-14/h2-10,18H,1,11-13H2. The Balaban J connectivity index is 1.54. The van der Waals surface area contributed by atoms with E-state index < -0.39 is 0 Å². The summed E-state index contributed by atoms with van der Waals surface area (Å²) in [4.78, 5) is 0. The zero-order valence-electron chi connectivity index (χ0n) is 14.5. The molecule has 138 valence electrons. The molecule has 27 heavy (non-hydrogen) atoms. The molecule has 0 bridgehead atoms. The molecule has 1 aliphatic rings. The lowest BCUT2D eigenvalue weighted by Crippen LogP contribution is -2.25. The van der Waals surface area contributed by atoms with Gasteiger partial charge in [0.1, 0.15) is 12.4 Å². The molecule has 1 unspecified atom stereocenters. The number of halogens is 1. The molecule has 7 heteroatoms. The molecule has 5 nitrogen and oxygen atoms in total. The van der Waals surface area contributed by atoms with Crippen LogP contribution in [0.3, 0.4) is 0 Å². The van der Waals surface area contributed by atoms with Crippen molar-refractivity contribution in [1.29, 1.82) is 0 Å². The third-order valence-electron chi connectivity index (χ3n) is 4.13. The molecule has 3 aromatic rings. The number of rotatable bonds is 6. The summed E-state index contributed by atoms with van der Waals surface area (Å²) in [5, 5.41) is 9.41. The summed E-state index contributed by atoms with van der Waals surface area (Å²) in [6.07, 6.45) is 1.46. The van der Waals surface area contributed by atoms with Crippen LogP contribution in [-0.2, 0) is 12.3 Å². The van der Waals surface area contributed by atoms with E-state index in [0.29, 0.717) is 30.5 Å². The van der Waals surface area contributed by atoms with Gasteiger partial charge in [0.15, 0.2) is 28.6 Å². The van der Waals surface area contributed by atoms with Gasteiger partial charge in [0.2, 0.25) is 0 Å². The number of benzene rings is 2. The minimum atomic E-state index is -0.340. The number of hydrogen-bond acceptors (Lipinski definition) is 5. The normalized spacial score (nSPS) is 15.5. The van der Waals surface area contributed by atoms with E-state index in [1.807, 2.05) is 28.8 Å². The van der Waals surface area contributed by atoms with Crippen LogP contribution in [0, 0.1) is 5.82 Å². The quantitative estimate of drug-likeness (QED) is 0.466. The van der Waals surface area contributed by atoms with Crippen molar-refractivity contribution in [2.24, 2.45) is 0 Å². The molecule has 0 saturated carbocycles. The van der Waals surface area contributed by atoms with Gasteiger partial charge in [-0.1, -0.05) is 42.1 Å². The molecule has 1 aromatic heterocycles. The monoisotopic (exact) mass is 383 g/mol. The Bertz CT molecular complexity index is 943. The minimum absolute atomic E-state index is 0.240. The van der Waals surface area contributed by atoms with Crippen LogP contribution >= 0.6 is 11.8 Å². The average Bonchev–Trinajstić information content (AvgIpc) is 3.10. The molecule has 0 aliphatic carbocycles. The van der Waals surface area contributed by atoms with E-state index in [1.54, 1.807) is 18.2 Å². The highest BCUT2D eigenvalue weighted by molar-refractivity contribution is 7.98. The van der Waals surface area contributed by atoms with E-state index >= 15 is 0 Å². The SMILES string of the molecule is C=CCn1c(SCc2ccc(F)cc2)nnc1C1COc2ccccc2O1. The Morgan fingerprint density at radius 2 is 1.93 bits per heavy atom. The molecule has 0 N–H and O–H groups in total. The molecule has 0 amide bonds. The fraction of sp³-hybridized carbons (Fsp3) is 0.200. The van der Waals surface area contributed by atoms with Gasteiger partial charge in [0, 0.05) is 12.3 Å². The first kappa shape index (κ1) is 17.6. The van der Waals surface area contributed by atoms with Crippen LogP contribution in [0.15, 0.2) is 66.3 Å². The van der Waals surface area contributed by atoms with Crippen molar-refractivity contribution in [3.05, 3.63) is 78.4 Å². The molecule has 2 aromatic carbocycles. The average molecular weight is 383 g/mol. The number of thioether (sulfide) groups is 1. The van der Waals surface area contributed by atoms with Crippen molar-refractivity contribution in [2.45, 2.75) is 23.6 Å². The number of allylic oxidation sites excluding steroid dienone is 1. The third kappa shape index (κ3) is 3.83. The number of hydrogen-bond donors (Lipinski definition) is 0. The first-order valence-corrected chi connectivity index (χ1v) is 9.53. The van der Waals surface area contributed by atoms with Crippen molar-refractivity contribution in [1.82, 2.24) is 14.8 Å². The summed E-state index contributed by atoms with van der Waals surface area (Å²) in [5.74, 6) is 2.55. The lowest BCUT2D eigenvalue weighted by molar-refractivity contribution is 0.0821. The van der Waals surface area contributed by atoms with Gasteiger partial charge in [-0.05, 0) is 29.8 Å². The Kier molecular flexibility index (Phi) is 5.11. The first-order chi connectivity index (χ1) is 13.2. The van der Waals surface area contributed by atoms with E-state index in [9.17, 15) is 4.39 Å². The van der Waals surface area contributed by atoms with Gasteiger partial charge >= 0.3 is 0 Å². The van der Waals surface area contributed by atoms with Crippen molar-refractivity contribution < 1.29 is 13.9 Å². The molecule has 2 heterocycles. The topological polar surface area (TPSA) is 49.2 Å². The van der Waals surface area contributed by atoms with Crippen LogP contribution in [0.5, 0.6) is 11.5 Å². The summed E-state index contributed by atoms with van der Waals surface area (Å²) in [5.41, 5.74) is 1.02. The maximum atomic E-state index is 13.1. The lowest BCUT2D eigenvalue weighted by atomic mass is 10.2. The van der Waals surface area contributed by atoms with Crippen LogP contribution in [0.25, 0.3) is 0 Å². The smallest absolute Gasteiger partial charge is 0.192 e. The molecule has 0 spiro atoms. The van der Waals surface area contributed by atoms with Crippen LogP contribution in [0.1, 0.15) is 17.5 Å². The van der Waals surface area contributed by atoms with Gasteiger partial charge in [0.05, 0.1) is 0 Å². The molecule has 0 radical (unpaired) electrons. The Morgan fingerprint density at radius 3 is 2.70 bits per heavy atom. The van der Waals surface area contributed by atoms with Crippen LogP contribution < -0.4 is 9.47 Å². The molecule has 4 rings (SSSR count). The van der Waals surface area contributed by atoms with Crippen LogP contribution in [0.4, 0.5) is 4.39 Å². The zero-order chi connectivity index (χ0) is 18.6. The lowest BCUT2D eigenvalue weighted by Gasteiger charge is -2.26. The maximum Gasteiger partial charge on any atom is 0.192 e. The Labute approximate surface area is 160 Å². The highest BCUT2D eigenvalue weighted by atomic mass is 32.2. The summed E-state index contributed by atoms with van der Waals surface area (Å²) < 4.78 is 26.9. The second-order valence-electron chi connectivity index (χ2n) is 6.02. The summed E-state index contributed by atoms with van der Waals surface area (Å²) in [6.45, 7) is 4.76. The molecule has 0 saturated heterocycles. The largest absolute Gasteiger partial charge is 0.485 e. The van der Waals surface area contributed by atoms with Gasteiger partial charge in [0.25, 0.3) is 0 Å². The zero-order valence-corrected chi connectivity index (χ0v) is 15.4. The van der Waals surface area contributed by atoms with Gasteiger partial charge in [-0.3, -0.25) is 4.57 Å². The third-order valence-corrected chi connectivity index (χ3v) is 5.17. The maximum absolute atomic E-state index is 13.1. The van der Waals surface area contributed by atoms with E-state index in [-0.39, 0.29) is 11.9 Å². The summed E-state index contributed by atoms with van der Waals surface area (Å²) in [6, 6.07) is 14.0. The summed E-state index contributed by atoms with van der Waals surface area (Å²) >= 11 is 1.54. The highest BCUT2D eigenvalue weighted by Gasteiger charge is 2.28. The van der Waals surface area contributed by atoms with Crippen molar-refractivity contribution in [3.63, 3.8) is 0 Å². The highest BCUT2D eigenvalue weighted by Crippen LogP contribution is 2.36. The Morgan fingerprint density at radius 1 is 1.15 bits per heavy atom. The van der Waals surface area contributed by atoms with Crippen LogP contribution in [0.2, 0.25) is 0 Å². The van der Waals surface area contributed by atoms with Gasteiger partial charge in [-0.15, -0.1) is 16.8 Å². The number of nitrogens with zero attached hydrogens (tertiary/aromatic N) is 3. The number of aromatic nitrogens is 3. The van der Waals surface area contributed by atoms with Crippen molar-refractivity contribution >= 4 is 11.8 Å². The second kappa shape index (κ2) is 7.84. The predicted molar refractivity (Wildman–Crippen MR) is 101 cm³/mol. The van der Waals surface area contributed by atoms with Gasteiger partial charge < -0.3 is 9.47 Å². The number of ether oxygens (including phenoxy) is 2. The van der Waals surface area contributed by atoms with E-state index in [0.717, 1.165) is 16.5 Å². The van der Waals surface area contributed by atoms with Crippen molar-refractivity contribution in [3.8, 4) is 11.5 Å². The fourth-order valence-corrected chi connectivity index (χ4v) is 3.73. The Hall–Kier alpha value is -2.80. The van der Waals surface area contributed by atoms with Gasteiger partial charge in [-0.2, -0.15) is 0 Å². The summed E-state index contributed by atoms with van der Waals surface area (Å²) in [7, 11) is 0. The van der Waals surface area contributed by atoms with Gasteiger partial charge in [-0.25, -0.2) is 4.39 Å². The molecular weight excluding hydrogens is 365 g/mol. The van der Waals surface area contributed by atoms with E-state index in [1.165, 1.54) is 23.9 Å². The fourth-order valence-electron chi connectivity index (χ4n) is 2.82.